The molecule has 0 N–H and O–H groups in total. The Labute approximate surface area is 196 Å². The molecular formula is C24H19Cl2NO6. The lowest BCUT2D eigenvalue weighted by molar-refractivity contribution is -2.00. The van der Waals surface area contributed by atoms with Crippen LogP contribution in [0.2, 0.25) is 0 Å². The van der Waals surface area contributed by atoms with Gasteiger partial charge in [-0.3, -0.25) is 0 Å². The molecule has 7 rings (SSSR count). The second kappa shape index (κ2) is 8.29. The van der Waals surface area contributed by atoms with Crippen LogP contribution in [0.1, 0.15) is 51.9 Å². The van der Waals surface area contributed by atoms with Crippen LogP contribution in [0.4, 0.5) is 0 Å². The largest absolute Gasteiger partial charge is 0.472 e. The number of pyridine rings is 1. The molecule has 0 radical (unpaired) electrons. The van der Waals surface area contributed by atoms with Crippen LogP contribution in [-0.2, 0) is 11.3 Å². The molecule has 170 valence electrons. The molecule has 3 aliphatic rings. The molecule has 0 amide bonds. The van der Waals surface area contributed by atoms with E-state index in [0.29, 0.717) is 5.88 Å². The van der Waals surface area contributed by atoms with Gasteiger partial charge in [-0.1, -0.05) is 24.3 Å². The molecular weight excluding hydrogens is 469 g/mol. The number of rotatable bonds is 3. The fourth-order valence-corrected chi connectivity index (χ4v) is 5.82. The summed E-state index contributed by atoms with van der Waals surface area (Å²) in [7, 11) is -4.94. The standard InChI is InChI=1S/C24H19ClNO2.ClHO4/c25-13-16-4-3-5-19-21-12-24(17-7-10-27-14-17,18-8-11-28-15-18)23(22(16)19)20-6-1-2-9-26(20)21;2-1(3,4)5/h1-11,14-15,21,23H,12-13H2;(H,2,3,4,5)/q+1;/p-1. The minimum absolute atomic E-state index is 0.138. The number of benzene rings is 1. The van der Waals surface area contributed by atoms with E-state index in [9.17, 15) is 0 Å². The Morgan fingerprint density at radius 3 is 2.18 bits per heavy atom. The molecule has 1 aliphatic carbocycles. The molecule has 9 heteroatoms. The molecule has 2 unspecified atom stereocenters. The highest BCUT2D eigenvalue weighted by atomic mass is 35.7. The molecule has 7 nitrogen and oxygen atoms in total. The highest BCUT2D eigenvalue weighted by Crippen LogP contribution is 2.60. The third kappa shape index (κ3) is 3.67. The van der Waals surface area contributed by atoms with E-state index in [1.54, 1.807) is 12.5 Å². The summed E-state index contributed by atoms with van der Waals surface area (Å²) in [6.45, 7) is 0. The first-order valence-electron chi connectivity index (χ1n) is 10.2. The number of aromatic nitrogens is 1. The van der Waals surface area contributed by atoms with Crippen molar-refractivity contribution in [2.24, 2.45) is 0 Å². The Morgan fingerprint density at radius 2 is 1.61 bits per heavy atom. The lowest BCUT2D eigenvalue weighted by atomic mass is 9.53. The molecule has 2 bridgehead atoms. The van der Waals surface area contributed by atoms with Gasteiger partial charge >= 0.3 is 0 Å². The highest BCUT2D eigenvalue weighted by molar-refractivity contribution is 6.17. The summed E-state index contributed by atoms with van der Waals surface area (Å²) >= 11 is 6.43. The summed E-state index contributed by atoms with van der Waals surface area (Å²) in [5.74, 6) is 0.644. The second-order valence-corrected chi connectivity index (χ2v) is 9.14. The Hall–Kier alpha value is -2.65. The van der Waals surface area contributed by atoms with Crippen LogP contribution in [0.3, 0.4) is 0 Å². The maximum absolute atomic E-state index is 8.49. The van der Waals surface area contributed by atoms with E-state index in [4.69, 9.17) is 39.1 Å². The van der Waals surface area contributed by atoms with Crippen LogP contribution in [0, 0.1) is 10.2 Å². The van der Waals surface area contributed by atoms with Crippen molar-refractivity contribution in [2.75, 3.05) is 0 Å². The van der Waals surface area contributed by atoms with Crippen molar-refractivity contribution in [2.45, 2.75) is 29.7 Å². The molecule has 0 saturated heterocycles. The van der Waals surface area contributed by atoms with Gasteiger partial charge in [0.2, 0.25) is 0 Å². The van der Waals surface area contributed by atoms with Gasteiger partial charge in [0.1, 0.15) is 0 Å². The van der Waals surface area contributed by atoms with Crippen molar-refractivity contribution in [3.8, 4) is 0 Å². The molecule has 0 saturated carbocycles. The molecule has 4 aromatic rings. The van der Waals surface area contributed by atoms with Crippen molar-refractivity contribution in [3.63, 3.8) is 0 Å². The maximum Gasteiger partial charge on any atom is 0.190 e. The highest BCUT2D eigenvalue weighted by Gasteiger charge is 2.60. The maximum atomic E-state index is 8.49. The Balaban J connectivity index is 0.000000416. The molecule has 2 aliphatic heterocycles. The molecule has 0 fully saturated rings. The summed E-state index contributed by atoms with van der Waals surface area (Å²) in [5.41, 5.74) is 7.40. The number of hydrogen-bond acceptors (Lipinski definition) is 6. The fraction of sp³-hybridized carbons (Fsp3) is 0.208. The third-order valence-electron chi connectivity index (χ3n) is 6.66. The zero-order valence-electron chi connectivity index (χ0n) is 17.2. The molecule has 2 atom stereocenters. The van der Waals surface area contributed by atoms with Crippen molar-refractivity contribution in [1.29, 1.82) is 0 Å². The van der Waals surface area contributed by atoms with E-state index in [1.165, 1.54) is 33.5 Å². The van der Waals surface area contributed by atoms with Crippen LogP contribution >= 0.6 is 11.6 Å². The first kappa shape index (κ1) is 22.2. The van der Waals surface area contributed by atoms with Crippen molar-refractivity contribution in [1.82, 2.24) is 0 Å². The number of alkyl halides is 1. The smallest absolute Gasteiger partial charge is 0.190 e. The molecule has 33 heavy (non-hydrogen) atoms. The van der Waals surface area contributed by atoms with E-state index in [0.717, 1.165) is 6.42 Å². The summed E-state index contributed by atoms with van der Waals surface area (Å²) in [4.78, 5) is 0. The van der Waals surface area contributed by atoms with Gasteiger partial charge in [0.05, 0.1) is 36.4 Å². The third-order valence-corrected chi connectivity index (χ3v) is 6.94. The van der Waals surface area contributed by atoms with Crippen LogP contribution in [-0.4, -0.2) is 0 Å². The van der Waals surface area contributed by atoms with Gasteiger partial charge < -0.3 is 8.83 Å². The van der Waals surface area contributed by atoms with Crippen LogP contribution < -0.4 is 23.2 Å². The predicted molar refractivity (Wildman–Crippen MR) is 105 cm³/mol. The Kier molecular flexibility index (Phi) is 5.56. The summed E-state index contributed by atoms with van der Waals surface area (Å²) in [6, 6.07) is 17.5. The zero-order chi connectivity index (χ0) is 23.2. The first-order chi connectivity index (χ1) is 15.8. The minimum Gasteiger partial charge on any atom is -0.472 e. The quantitative estimate of drug-likeness (QED) is 0.307. The fourth-order valence-electron chi connectivity index (χ4n) is 5.59. The number of furan rings is 2. The summed E-state index contributed by atoms with van der Waals surface area (Å²) in [6.07, 6.45) is 10.5. The average molecular weight is 488 g/mol. The van der Waals surface area contributed by atoms with Gasteiger partial charge in [0.15, 0.2) is 17.9 Å². The zero-order valence-corrected chi connectivity index (χ0v) is 18.7. The van der Waals surface area contributed by atoms with E-state index in [2.05, 4.69) is 59.3 Å². The van der Waals surface area contributed by atoms with Crippen molar-refractivity contribution < 1.29 is 42.3 Å². The van der Waals surface area contributed by atoms with E-state index in [-0.39, 0.29) is 17.4 Å². The van der Waals surface area contributed by atoms with Gasteiger partial charge in [-0.15, -0.1) is 21.8 Å². The molecule has 3 aromatic heterocycles. The second-order valence-electron chi connectivity index (χ2n) is 8.11. The minimum atomic E-state index is -4.94. The number of nitrogens with zero attached hydrogens (tertiary/aromatic N) is 1. The lowest BCUT2D eigenvalue weighted by Crippen LogP contribution is -2.68. The number of hydrogen-bond donors (Lipinski definition) is 0. The van der Waals surface area contributed by atoms with E-state index >= 15 is 0 Å². The topological polar surface area (TPSA) is 122 Å². The normalized spacial score (nSPS) is 19.9. The number of fused-ring (bicyclic) bond motifs is 1. The Morgan fingerprint density at radius 1 is 0.939 bits per heavy atom. The summed E-state index contributed by atoms with van der Waals surface area (Å²) in [5, 5.41) is 0. The predicted octanol–water partition coefficient (Wildman–Crippen LogP) is 0.568. The lowest BCUT2D eigenvalue weighted by Gasteiger charge is -2.49. The van der Waals surface area contributed by atoms with Gasteiger partial charge in [0, 0.05) is 41.1 Å². The van der Waals surface area contributed by atoms with Gasteiger partial charge in [-0.2, -0.15) is 4.57 Å². The van der Waals surface area contributed by atoms with Crippen LogP contribution in [0.15, 0.2) is 88.6 Å². The monoisotopic (exact) mass is 487 g/mol. The van der Waals surface area contributed by atoms with Gasteiger partial charge in [-0.25, -0.2) is 18.6 Å². The van der Waals surface area contributed by atoms with Crippen LogP contribution in [0.25, 0.3) is 0 Å². The number of halogens is 2. The Bertz CT molecular complexity index is 1210. The molecule has 1 aromatic carbocycles. The molecule has 5 heterocycles. The average Bonchev–Trinajstić information content (AvgIpc) is 3.52. The van der Waals surface area contributed by atoms with E-state index in [1.807, 2.05) is 12.5 Å². The van der Waals surface area contributed by atoms with Gasteiger partial charge in [0.25, 0.3) is 0 Å². The summed E-state index contributed by atoms with van der Waals surface area (Å²) < 4.78 is 47.5. The van der Waals surface area contributed by atoms with Gasteiger partial charge in [-0.05, 0) is 23.3 Å². The van der Waals surface area contributed by atoms with Crippen molar-refractivity contribution >= 4 is 11.6 Å². The first-order valence-corrected chi connectivity index (χ1v) is 12.0. The van der Waals surface area contributed by atoms with Crippen LogP contribution in [0.5, 0.6) is 0 Å². The SMILES string of the molecule is ClCc1cccc2c1C1c3cccc[n+]3C2CC1(c1ccoc1)c1ccoc1.[O-][Cl+3]([O-])([O-])[O-]. The van der Waals surface area contributed by atoms with Crippen molar-refractivity contribution in [3.05, 3.63) is 113 Å². The molecule has 0 spiro atoms. The van der Waals surface area contributed by atoms with E-state index < -0.39 is 10.2 Å².